The zero-order valence-corrected chi connectivity index (χ0v) is 32.2. The molecule has 0 heterocycles. The number of aliphatic carboxylic acids is 2. The maximum absolute atomic E-state index is 12.3. The minimum Gasteiger partial charge on any atom is -0.548 e. The molecule has 54 heavy (non-hydrogen) atoms. The molecule has 6 aromatic carbocycles. The molecule has 0 atom stereocenters. The Balaban J connectivity index is 0.000000233. The average molecular weight is 723 g/mol. The first-order chi connectivity index (χ1) is 25.8. The molecular formula is C48H54N2O4. The van der Waals surface area contributed by atoms with Gasteiger partial charge in [-0.05, 0) is 54.2 Å². The van der Waals surface area contributed by atoms with Gasteiger partial charge in [-0.2, -0.15) is 0 Å². The van der Waals surface area contributed by atoms with E-state index < -0.39 is 22.8 Å². The Labute approximate surface area is 321 Å². The second kappa shape index (κ2) is 20.4. The molecule has 280 valence electrons. The van der Waals surface area contributed by atoms with Crippen molar-refractivity contribution in [3.05, 3.63) is 215 Å². The smallest absolute Gasteiger partial charge is 0.0860 e. The molecule has 0 saturated carbocycles. The number of rotatable bonds is 9. The lowest BCUT2D eigenvalue weighted by molar-refractivity contribution is -0.458. The number of hydrogen-bond acceptors (Lipinski definition) is 4. The summed E-state index contributed by atoms with van der Waals surface area (Å²) < 4.78 is 0. The largest absolute Gasteiger partial charge is 0.548 e. The molecule has 6 rings (SSSR count). The van der Waals surface area contributed by atoms with Crippen LogP contribution in [0.25, 0.3) is 0 Å². The highest BCUT2D eigenvalue weighted by Gasteiger charge is 2.38. The molecule has 0 spiro atoms. The summed E-state index contributed by atoms with van der Waals surface area (Å²) in [6.07, 6.45) is 0. The molecule has 0 bridgehead atoms. The normalized spacial score (nSPS) is 11.0. The van der Waals surface area contributed by atoms with Gasteiger partial charge in [-0.15, -0.1) is 0 Å². The molecular weight excluding hydrogens is 669 g/mol. The first kappa shape index (κ1) is 42.6. The standard InChI is InChI=1S/2C20H16O2.2C4H11N/c2*21-19(22)20(16-10-4-1-5-11-16,17-12-6-2-7-13-17)18-14-8-3-9-15-18;1-4(2,3)5;1-4(2)3-5/h2*1-15H,(H,21,22);5H2,1-3H3;4H,3,5H2,1-2H3. The van der Waals surface area contributed by atoms with E-state index >= 15 is 0 Å². The van der Waals surface area contributed by atoms with Crippen molar-refractivity contribution >= 4 is 11.9 Å². The van der Waals surface area contributed by atoms with Crippen molar-refractivity contribution in [2.75, 3.05) is 6.54 Å². The molecule has 0 fully saturated rings. The Hall–Kier alpha value is -5.82. The summed E-state index contributed by atoms with van der Waals surface area (Å²) in [5.74, 6) is -1.48. The van der Waals surface area contributed by atoms with Gasteiger partial charge in [0.1, 0.15) is 0 Å². The van der Waals surface area contributed by atoms with Gasteiger partial charge in [0.25, 0.3) is 0 Å². The number of hydrogen-bond donors (Lipinski definition) is 2. The maximum atomic E-state index is 12.3. The summed E-state index contributed by atoms with van der Waals surface area (Å²) in [6.45, 7) is 11.6. The second-order valence-corrected chi connectivity index (χ2v) is 14.5. The Bertz CT molecular complexity index is 1610. The summed E-state index contributed by atoms with van der Waals surface area (Å²) in [4.78, 5) is 24.6. The van der Waals surface area contributed by atoms with E-state index in [1.807, 2.05) is 182 Å². The highest BCUT2D eigenvalue weighted by molar-refractivity contribution is 5.90. The molecule has 0 aliphatic rings. The van der Waals surface area contributed by atoms with Crippen molar-refractivity contribution in [2.45, 2.75) is 51.0 Å². The fourth-order valence-corrected chi connectivity index (χ4v) is 5.84. The number of quaternary nitrogens is 2. The molecule has 0 radical (unpaired) electrons. The predicted octanol–water partition coefficient (Wildman–Crippen LogP) is 5.45. The summed E-state index contributed by atoms with van der Waals surface area (Å²) in [7, 11) is 0. The minimum atomic E-state index is -1.32. The number of carboxylic acid groups (broad SMARTS) is 2. The lowest BCUT2D eigenvalue weighted by Crippen LogP contribution is -2.67. The van der Waals surface area contributed by atoms with Crippen molar-refractivity contribution in [3.8, 4) is 0 Å². The zero-order valence-electron chi connectivity index (χ0n) is 32.2. The topological polar surface area (TPSA) is 136 Å². The summed E-state index contributed by atoms with van der Waals surface area (Å²) in [5, 5.41) is 24.6. The van der Waals surface area contributed by atoms with E-state index in [-0.39, 0.29) is 5.54 Å². The summed E-state index contributed by atoms with van der Waals surface area (Å²) in [6, 6.07) is 55.4. The number of carbonyl (C=O) groups excluding carboxylic acids is 2. The number of carboxylic acids is 2. The van der Waals surface area contributed by atoms with Gasteiger partial charge >= 0.3 is 0 Å². The molecule has 6 heteroatoms. The van der Waals surface area contributed by atoms with Crippen LogP contribution in [-0.2, 0) is 20.4 Å². The molecule has 0 saturated heterocycles. The molecule has 0 amide bonds. The van der Waals surface area contributed by atoms with E-state index in [9.17, 15) is 19.8 Å². The minimum absolute atomic E-state index is 0.250. The maximum Gasteiger partial charge on any atom is 0.0860 e. The van der Waals surface area contributed by atoms with E-state index in [1.165, 1.54) is 0 Å². The van der Waals surface area contributed by atoms with Crippen LogP contribution in [0.3, 0.4) is 0 Å². The molecule has 6 nitrogen and oxygen atoms in total. The Morgan fingerprint density at radius 3 is 0.667 bits per heavy atom. The van der Waals surface area contributed by atoms with E-state index in [2.05, 4.69) is 46.1 Å². The van der Waals surface area contributed by atoms with Crippen molar-refractivity contribution < 1.29 is 31.3 Å². The Morgan fingerprint density at radius 2 is 0.574 bits per heavy atom. The molecule has 6 N–H and O–H groups in total. The molecule has 6 aromatic rings. The summed E-state index contributed by atoms with van der Waals surface area (Å²) in [5.41, 5.74) is 9.20. The third-order valence-electron chi connectivity index (χ3n) is 8.43. The van der Waals surface area contributed by atoms with Gasteiger partial charge in [-0.3, -0.25) is 0 Å². The lowest BCUT2D eigenvalue weighted by Gasteiger charge is -2.36. The highest BCUT2D eigenvalue weighted by atomic mass is 16.4. The first-order valence-electron chi connectivity index (χ1n) is 18.2. The van der Waals surface area contributed by atoms with E-state index in [1.54, 1.807) is 0 Å². The fourth-order valence-electron chi connectivity index (χ4n) is 5.84. The highest BCUT2D eigenvalue weighted by Crippen LogP contribution is 2.40. The molecule has 0 aromatic heterocycles. The van der Waals surface area contributed by atoms with Crippen LogP contribution in [0, 0.1) is 5.92 Å². The van der Waals surface area contributed by atoms with Gasteiger partial charge in [0, 0.05) is 5.92 Å². The van der Waals surface area contributed by atoms with Crippen LogP contribution in [-0.4, -0.2) is 24.0 Å². The van der Waals surface area contributed by atoms with Crippen molar-refractivity contribution in [1.29, 1.82) is 0 Å². The third-order valence-corrected chi connectivity index (χ3v) is 8.43. The van der Waals surface area contributed by atoms with Gasteiger partial charge in [0.05, 0.1) is 34.9 Å². The number of carbonyl (C=O) groups is 2. The lowest BCUT2D eigenvalue weighted by atomic mass is 9.69. The van der Waals surface area contributed by atoms with Gasteiger partial charge in [-0.1, -0.05) is 196 Å². The van der Waals surface area contributed by atoms with Gasteiger partial charge in [0.2, 0.25) is 0 Å². The zero-order chi connectivity index (χ0) is 39.6. The molecule has 0 aliphatic heterocycles. The van der Waals surface area contributed by atoms with E-state index in [4.69, 9.17) is 0 Å². The van der Waals surface area contributed by atoms with Crippen LogP contribution in [0.2, 0.25) is 0 Å². The van der Waals surface area contributed by atoms with Gasteiger partial charge in [-0.25, -0.2) is 0 Å². The van der Waals surface area contributed by atoms with E-state index in [0.717, 1.165) is 12.5 Å². The Kier molecular flexibility index (Phi) is 16.1. The van der Waals surface area contributed by atoms with Gasteiger partial charge < -0.3 is 31.3 Å². The van der Waals surface area contributed by atoms with Crippen molar-refractivity contribution in [3.63, 3.8) is 0 Å². The van der Waals surface area contributed by atoms with Gasteiger partial charge in [0.15, 0.2) is 0 Å². The van der Waals surface area contributed by atoms with Crippen LogP contribution < -0.4 is 21.7 Å². The quantitative estimate of drug-likeness (QED) is 0.192. The number of benzene rings is 6. The van der Waals surface area contributed by atoms with Crippen LogP contribution in [0.5, 0.6) is 0 Å². The van der Waals surface area contributed by atoms with Crippen LogP contribution in [0.15, 0.2) is 182 Å². The molecule has 0 unspecified atom stereocenters. The SMILES string of the molecule is CC(C)(C)[NH3+].CC(C)C[NH3+].O=C([O-])C(c1ccccc1)(c1ccccc1)c1ccccc1.O=C([O-])C(c1ccccc1)(c1ccccc1)c1ccccc1. The predicted molar refractivity (Wildman–Crippen MR) is 214 cm³/mol. The van der Waals surface area contributed by atoms with Crippen LogP contribution in [0.1, 0.15) is 68.0 Å². The first-order valence-corrected chi connectivity index (χ1v) is 18.2. The third kappa shape index (κ3) is 11.1. The Morgan fingerprint density at radius 1 is 0.444 bits per heavy atom. The van der Waals surface area contributed by atoms with Crippen LogP contribution >= 0.6 is 0 Å². The van der Waals surface area contributed by atoms with E-state index in [0.29, 0.717) is 33.4 Å². The second-order valence-electron chi connectivity index (χ2n) is 14.5. The van der Waals surface area contributed by atoms with Crippen molar-refractivity contribution in [1.82, 2.24) is 0 Å². The summed E-state index contributed by atoms with van der Waals surface area (Å²) >= 11 is 0. The average Bonchev–Trinajstić information content (AvgIpc) is 3.18. The van der Waals surface area contributed by atoms with Crippen LogP contribution in [0.4, 0.5) is 0 Å². The molecule has 0 aliphatic carbocycles. The van der Waals surface area contributed by atoms with Crippen molar-refractivity contribution in [2.24, 2.45) is 5.92 Å². The monoisotopic (exact) mass is 722 g/mol. The fraction of sp³-hybridized carbons (Fsp3) is 0.208.